The summed E-state index contributed by atoms with van der Waals surface area (Å²) in [5, 5.41) is 26.7. The Morgan fingerprint density at radius 2 is 2.11 bits per heavy atom. The highest BCUT2D eigenvalue weighted by Crippen LogP contribution is 2.28. The maximum absolute atomic E-state index is 12.1. The van der Waals surface area contributed by atoms with E-state index in [9.17, 15) is 23.5 Å². The van der Waals surface area contributed by atoms with E-state index >= 15 is 0 Å². The van der Waals surface area contributed by atoms with E-state index in [2.05, 4.69) is 4.74 Å². The first kappa shape index (κ1) is 14.5. The Morgan fingerprint density at radius 3 is 2.53 bits per heavy atom. The van der Waals surface area contributed by atoms with Crippen LogP contribution in [0.2, 0.25) is 0 Å². The van der Waals surface area contributed by atoms with Crippen LogP contribution in [0.3, 0.4) is 0 Å². The molecule has 1 aromatic carbocycles. The van der Waals surface area contributed by atoms with Crippen LogP contribution in [0.25, 0.3) is 0 Å². The lowest BCUT2D eigenvalue weighted by molar-refractivity contribution is -0.146. The second kappa shape index (κ2) is 5.88. The van der Waals surface area contributed by atoms with Crippen LogP contribution < -0.4 is 4.74 Å². The van der Waals surface area contributed by atoms with E-state index in [4.69, 9.17) is 10.4 Å². The van der Waals surface area contributed by atoms with E-state index in [1.165, 1.54) is 6.07 Å². The number of nitriles is 1. The number of ether oxygens (including phenoxy) is 1. The van der Waals surface area contributed by atoms with Gasteiger partial charge in [-0.25, -0.2) is 4.79 Å². The third-order valence-electron chi connectivity index (χ3n) is 2.14. The SMILES string of the molecule is N#Cc1cc(C(O)C(=O)O)cc(C=O)c1OC(F)F. The highest BCUT2D eigenvalue weighted by Gasteiger charge is 2.22. The van der Waals surface area contributed by atoms with Gasteiger partial charge in [0.25, 0.3) is 0 Å². The Labute approximate surface area is 105 Å². The Balaban J connectivity index is 3.40. The lowest BCUT2D eigenvalue weighted by atomic mass is 10.0. The quantitative estimate of drug-likeness (QED) is 0.776. The molecule has 0 radical (unpaired) electrons. The summed E-state index contributed by atoms with van der Waals surface area (Å²) in [4.78, 5) is 21.3. The summed E-state index contributed by atoms with van der Waals surface area (Å²) >= 11 is 0. The molecule has 0 heterocycles. The predicted octanol–water partition coefficient (Wildman–Crippen LogP) is 1.09. The summed E-state index contributed by atoms with van der Waals surface area (Å²) in [5.74, 6) is -2.27. The Hall–Kier alpha value is -2.53. The third-order valence-corrected chi connectivity index (χ3v) is 2.14. The number of hydrogen-bond donors (Lipinski definition) is 2. The van der Waals surface area contributed by atoms with Crippen molar-refractivity contribution in [2.45, 2.75) is 12.7 Å². The molecule has 1 rings (SSSR count). The van der Waals surface area contributed by atoms with E-state index in [0.717, 1.165) is 12.1 Å². The number of rotatable bonds is 5. The van der Waals surface area contributed by atoms with Gasteiger partial charge in [0.05, 0.1) is 11.1 Å². The molecule has 2 N–H and O–H groups in total. The van der Waals surface area contributed by atoms with Gasteiger partial charge in [0.15, 0.2) is 18.1 Å². The topological polar surface area (TPSA) is 108 Å². The van der Waals surface area contributed by atoms with Crippen molar-refractivity contribution in [3.8, 4) is 11.8 Å². The fraction of sp³-hybridized carbons (Fsp3) is 0.182. The molecule has 0 aliphatic rings. The van der Waals surface area contributed by atoms with Crippen LogP contribution in [-0.4, -0.2) is 29.1 Å². The number of benzene rings is 1. The lowest BCUT2D eigenvalue weighted by Crippen LogP contribution is -2.13. The predicted molar refractivity (Wildman–Crippen MR) is 55.8 cm³/mol. The number of aldehydes is 1. The summed E-state index contributed by atoms with van der Waals surface area (Å²) in [6.45, 7) is -3.25. The highest BCUT2D eigenvalue weighted by molar-refractivity contribution is 5.83. The minimum Gasteiger partial charge on any atom is -0.479 e. The molecule has 1 atom stereocenters. The Bertz CT molecular complexity index is 553. The molecule has 0 spiro atoms. The maximum atomic E-state index is 12.1. The number of hydrogen-bond acceptors (Lipinski definition) is 5. The first-order chi connectivity index (χ1) is 8.90. The van der Waals surface area contributed by atoms with Gasteiger partial charge in [0, 0.05) is 0 Å². The Morgan fingerprint density at radius 1 is 1.47 bits per heavy atom. The number of halogens is 2. The maximum Gasteiger partial charge on any atom is 0.387 e. The van der Waals surface area contributed by atoms with Gasteiger partial charge in [-0.2, -0.15) is 14.0 Å². The molecule has 0 aromatic heterocycles. The van der Waals surface area contributed by atoms with Crippen LogP contribution >= 0.6 is 0 Å². The van der Waals surface area contributed by atoms with Crippen molar-refractivity contribution in [2.24, 2.45) is 0 Å². The minimum atomic E-state index is -3.25. The summed E-state index contributed by atoms with van der Waals surface area (Å²) in [7, 11) is 0. The monoisotopic (exact) mass is 271 g/mol. The molecule has 0 saturated carbocycles. The van der Waals surface area contributed by atoms with Crippen LogP contribution in [-0.2, 0) is 4.79 Å². The van der Waals surface area contributed by atoms with Crippen molar-refractivity contribution in [1.29, 1.82) is 5.26 Å². The number of aliphatic hydroxyl groups is 1. The molecule has 100 valence electrons. The lowest BCUT2D eigenvalue weighted by Gasteiger charge is -2.12. The largest absolute Gasteiger partial charge is 0.479 e. The van der Waals surface area contributed by atoms with Gasteiger partial charge < -0.3 is 14.9 Å². The third kappa shape index (κ3) is 3.23. The zero-order chi connectivity index (χ0) is 14.6. The van der Waals surface area contributed by atoms with Crippen molar-refractivity contribution in [1.82, 2.24) is 0 Å². The van der Waals surface area contributed by atoms with Gasteiger partial charge in [-0.05, 0) is 17.7 Å². The fourth-order valence-corrected chi connectivity index (χ4v) is 1.37. The molecule has 0 amide bonds. The number of alkyl halides is 2. The second-order valence-electron chi connectivity index (χ2n) is 3.34. The summed E-state index contributed by atoms with van der Waals surface area (Å²) in [6.07, 6.45) is -1.86. The number of carboxylic acids is 1. The summed E-state index contributed by atoms with van der Waals surface area (Å²) in [5.41, 5.74) is -1.21. The van der Waals surface area contributed by atoms with E-state index in [1.54, 1.807) is 0 Å². The van der Waals surface area contributed by atoms with Crippen LogP contribution in [0.15, 0.2) is 12.1 Å². The molecule has 0 aliphatic heterocycles. The number of aliphatic carboxylic acids is 1. The van der Waals surface area contributed by atoms with Gasteiger partial charge in [-0.3, -0.25) is 4.79 Å². The molecule has 19 heavy (non-hydrogen) atoms. The van der Waals surface area contributed by atoms with E-state index < -0.39 is 35.6 Å². The van der Waals surface area contributed by atoms with Crippen LogP contribution in [0, 0.1) is 11.3 Å². The minimum absolute atomic E-state index is 0.122. The number of carbonyl (C=O) groups is 2. The summed E-state index contributed by atoms with van der Waals surface area (Å²) in [6, 6.07) is 3.22. The molecule has 6 nitrogen and oxygen atoms in total. The van der Waals surface area contributed by atoms with Gasteiger partial charge >= 0.3 is 12.6 Å². The van der Waals surface area contributed by atoms with Crippen molar-refractivity contribution < 1.29 is 33.3 Å². The van der Waals surface area contributed by atoms with Crippen molar-refractivity contribution >= 4 is 12.3 Å². The van der Waals surface area contributed by atoms with Crippen molar-refractivity contribution in [3.63, 3.8) is 0 Å². The summed E-state index contributed by atoms with van der Waals surface area (Å²) < 4.78 is 28.3. The molecular weight excluding hydrogens is 264 g/mol. The van der Waals surface area contributed by atoms with Gasteiger partial charge in [-0.15, -0.1) is 0 Å². The number of carboxylic acid groups (broad SMARTS) is 1. The molecule has 1 unspecified atom stereocenters. The normalized spacial score (nSPS) is 11.7. The molecule has 0 saturated heterocycles. The van der Waals surface area contributed by atoms with E-state index in [0.29, 0.717) is 0 Å². The van der Waals surface area contributed by atoms with Crippen LogP contribution in [0.5, 0.6) is 5.75 Å². The number of nitrogens with zero attached hydrogens (tertiary/aromatic N) is 1. The zero-order valence-corrected chi connectivity index (χ0v) is 9.21. The molecule has 8 heteroatoms. The zero-order valence-electron chi connectivity index (χ0n) is 9.21. The number of carbonyl (C=O) groups excluding carboxylic acids is 1. The van der Waals surface area contributed by atoms with Crippen LogP contribution in [0.4, 0.5) is 8.78 Å². The molecule has 0 bridgehead atoms. The Kier molecular flexibility index (Phi) is 4.50. The van der Waals surface area contributed by atoms with Crippen molar-refractivity contribution in [3.05, 3.63) is 28.8 Å². The standard InChI is InChI=1S/C11H7F2NO5/c12-11(13)19-9-6(3-14)1-5(2-7(9)4-15)8(16)10(17)18/h1-2,4,8,11,16H,(H,17,18). The number of aliphatic hydroxyl groups excluding tert-OH is 1. The highest BCUT2D eigenvalue weighted by atomic mass is 19.3. The van der Waals surface area contributed by atoms with Crippen LogP contribution in [0.1, 0.15) is 27.6 Å². The molecule has 1 aromatic rings. The molecule has 0 fully saturated rings. The first-order valence-electron chi connectivity index (χ1n) is 4.79. The van der Waals surface area contributed by atoms with Gasteiger partial charge in [0.1, 0.15) is 6.07 Å². The van der Waals surface area contributed by atoms with Gasteiger partial charge in [-0.1, -0.05) is 0 Å². The van der Waals surface area contributed by atoms with E-state index in [1.807, 2.05) is 0 Å². The van der Waals surface area contributed by atoms with Crippen molar-refractivity contribution in [2.75, 3.05) is 0 Å². The van der Waals surface area contributed by atoms with E-state index in [-0.39, 0.29) is 11.8 Å². The smallest absolute Gasteiger partial charge is 0.387 e. The fourth-order valence-electron chi connectivity index (χ4n) is 1.37. The van der Waals surface area contributed by atoms with Gasteiger partial charge in [0.2, 0.25) is 0 Å². The molecule has 0 aliphatic carbocycles. The molecular formula is C11H7F2NO5. The second-order valence-corrected chi connectivity index (χ2v) is 3.34. The average molecular weight is 271 g/mol. The average Bonchev–Trinajstić information content (AvgIpc) is 2.37. The first-order valence-corrected chi connectivity index (χ1v) is 4.79.